The largest absolute Gasteiger partial charge is 0.489 e. The van der Waals surface area contributed by atoms with Crippen molar-refractivity contribution in [2.24, 2.45) is 5.10 Å². The molecule has 1 N–H and O–H groups in total. The number of rotatable bonds is 11. The zero-order valence-corrected chi connectivity index (χ0v) is 23.3. The molecule has 0 fully saturated rings. The molecule has 12 heteroatoms. The molecule has 0 aromatic heterocycles. The lowest BCUT2D eigenvalue weighted by molar-refractivity contribution is -0.384. The van der Waals surface area contributed by atoms with E-state index >= 15 is 0 Å². The standard InChI is InChI=1S/C28H23BrN4O6S/c29-23-5-4-6-25(17-23)32(40(37,38)27-7-2-1-3-8-27)19-28(34)31-30-18-21-11-15-26(16-12-21)39-20-22-9-13-24(14-10-22)33(35)36/h1-18H,19-20H2,(H,31,34)/b30-18-. The summed E-state index contributed by atoms with van der Waals surface area (Å²) >= 11 is 3.34. The highest BCUT2D eigenvalue weighted by Gasteiger charge is 2.27. The van der Waals surface area contributed by atoms with Gasteiger partial charge in [0.25, 0.3) is 21.6 Å². The average Bonchev–Trinajstić information content (AvgIpc) is 2.96. The van der Waals surface area contributed by atoms with E-state index in [1.807, 2.05) is 0 Å². The van der Waals surface area contributed by atoms with Gasteiger partial charge in [-0.1, -0.05) is 40.2 Å². The Kier molecular flexibility index (Phi) is 9.25. The van der Waals surface area contributed by atoms with Crippen LogP contribution in [0.4, 0.5) is 11.4 Å². The van der Waals surface area contributed by atoms with Crippen LogP contribution in [-0.2, 0) is 21.4 Å². The van der Waals surface area contributed by atoms with E-state index in [-0.39, 0.29) is 17.2 Å². The maximum atomic E-state index is 13.3. The predicted octanol–water partition coefficient (Wildman–Crippen LogP) is 5.28. The Labute approximate surface area is 239 Å². The van der Waals surface area contributed by atoms with Crippen molar-refractivity contribution in [1.29, 1.82) is 0 Å². The van der Waals surface area contributed by atoms with Crippen molar-refractivity contribution >= 4 is 49.4 Å². The summed E-state index contributed by atoms with van der Waals surface area (Å²) in [4.78, 5) is 23.1. The Morgan fingerprint density at radius 1 is 0.975 bits per heavy atom. The molecule has 4 rings (SSSR count). The molecule has 4 aromatic rings. The maximum Gasteiger partial charge on any atom is 0.269 e. The molecule has 204 valence electrons. The number of benzene rings is 4. The number of non-ortho nitro benzene ring substituents is 1. The average molecular weight is 623 g/mol. The van der Waals surface area contributed by atoms with Crippen molar-refractivity contribution < 1.29 is 22.9 Å². The first-order chi connectivity index (χ1) is 19.2. The molecule has 1 amide bonds. The van der Waals surface area contributed by atoms with Gasteiger partial charge in [0.1, 0.15) is 18.9 Å². The molecule has 10 nitrogen and oxygen atoms in total. The van der Waals surface area contributed by atoms with Gasteiger partial charge in [-0.2, -0.15) is 5.10 Å². The zero-order valence-electron chi connectivity index (χ0n) is 20.9. The van der Waals surface area contributed by atoms with E-state index in [2.05, 4.69) is 26.5 Å². The van der Waals surface area contributed by atoms with E-state index in [0.717, 1.165) is 9.87 Å². The third-order valence-electron chi connectivity index (χ3n) is 5.55. The number of nitro benzene ring substituents is 1. The predicted molar refractivity (Wildman–Crippen MR) is 155 cm³/mol. The van der Waals surface area contributed by atoms with Crippen LogP contribution in [0.2, 0.25) is 0 Å². The van der Waals surface area contributed by atoms with Crippen molar-refractivity contribution in [3.63, 3.8) is 0 Å². The first kappa shape index (κ1) is 28.5. The summed E-state index contributed by atoms with van der Waals surface area (Å²) in [7, 11) is -4.02. The van der Waals surface area contributed by atoms with Crippen molar-refractivity contribution in [2.45, 2.75) is 11.5 Å². The summed E-state index contributed by atoms with van der Waals surface area (Å²) in [5, 5.41) is 14.7. The number of carbonyl (C=O) groups excluding carboxylic acids is 1. The lowest BCUT2D eigenvalue weighted by Gasteiger charge is -2.23. The second kappa shape index (κ2) is 13.0. The monoisotopic (exact) mass is 622 g/mol. The van der Waals surface area contributed by atoms with Gasteiger partial charge in [-0.05, 0) is 77.9 Å². The minimum atomic E-state index is -4.02. The molecule has 0 aliphatic rings. The Hall–Kier alpha value is -4.55. The fraction of sp³-hybridized carbons (Fsp3) is 0.0714. The number of hydrogen-bond acceptors (Lipinski definition) is 7. The molecule has 0 aliphatic carbocycles. The van der Waals surface area contributed by atoms with E-state index in [1.165, 1.54) is 30.5 Å². The van der Waals surface area contributed by atoms with Gasteiger partial charge in [-0.15, -0.1) is 0 Å². The molecule has 0 heterocycles. The Morgan fingerprint density at radius 2 is 1.68 bits per heavy atom. The topological polar surface area (TPSA) is 131 Å². The fourth-order valence-electron chi connectivity index (χ4n) is 3.54. The van der Waals surface area contributed by atoms with Crippen LogP contribution in [-0.4, -0.2) is 32.0 Å². The number of nitro groups is 1. The van der Waals surface area contributed by atoms with Gasteiger partial charge in [0.05, 0.1) is 21.7 Å². The number of carbonyl (C=O) groups is 1. The number of amides is 1. The van der Waals surface area contributed by atoms with Crippen molar-refractivity contribution in [3.05, 3.63) is 129 Å². The third kappa shape index (κ3) is 7.52. The first-order valence-corrected chi connectivity index (χ1v) is 14.1. The van der Waals surface area contributed by atoms with Crippen molar-refractivity contribution in [2.75, 3.05) is 10.8 Å². The quantitative estimate of drug-likeness (QED) is 0.137. The van der Waals surface area contributed by atoms with Gasteiger partial charge in [-0.3, -0.25) is 19.2 Å². The van der Waals surface area contributed by atoms with Crippen LogP contribution >= 0.6 is 15.9 Å². The van der Waals surface area contributed by atoms with Gasteiger partial charge in [0, 0.05) is 16.6 Å². The van der Waals surface area contributed by atoms with Crippen LogP contribution in [0.5, 0.6) is 5.75 Å². The van der Waals surface area contributed by atoms with Crippen LogP contribution in [0.25, 0.3) is 0 Å². The lowest BCUT2D eigenvalue weighted by Crippen LogP contribution is -2.39. The number of halogens is 1. The second-order valence-corrected chi connectivity index (χ2v) is 11.2. The van der Waals surface area contributed by atoms with Crippen LogP contribution < -0.4 is 14.5 Å². The summed E-state index contributed by atoms with van der Waals surface area (Å²) in [6.45, 7) is -0.248. The van der Waals surface area contributed by atoms with Crippen LogP contribution in [0.3, 0.4) is 0 Å². The number of sulfonamides is 1. The highest BCUT2D eigenvalue weighted by atomic mass is 79.9. The van der Waals surface area contributed by atoms with E-state index in [0.29, 0.717) is 21.5 Å². The van der Waals surface area contributed by atoms with Gasteiger partial charge >= 0.3 is 0 Å². The summed E-state index contributed by atoms with van der Waals surface area (Å²) in [5.41, 5.74) is 4.16. The molecular formula is C28H23BrN4O6S. The normalized spacial score (nSPS) is 11.2. The molecular weight excluding hydrogens is 600 g/mol. The Morgan fingerprint density at radius 3 is 2.33 bits per heavy atom. The molecule has 0 bridgehead atoms. The second-order valence-electron chi connectivity index (χ2n) is 8.38. The molecule has 0 atom stereocenters. The van der Waals surface area contributed by atoms with E-state index < -0.39 is 27.4 Å². The summed E-state index contributed by atoms with van der Waals surface area (Å²) in [6.07, 6.45) is 1.42. The molecule has 40 heavy (non-hydrogen) atoms. The summed E-state index contributed by atoms with van der Waals surface area (Å²) in [5.74, 6) is -0.0471. The highest BCUT2D eigenvalue weighted by Crippen LogP contribution is 2.26. The number of ether oxygens (including phenoxy) is 1. The Bertz CT molecular complexity index is 1610. The molecule has 0 saturated heterocycles. The number of hydrogen-bond donors (Lipinski definition) is 1. The number of nitrogens with zero attached hydrogens (tertiary/aromatic N) is 3. The van der Waals surface area contributed by atoms with Gasteiger partial charge in [0.15, 0.2) is 0 Å². The van der Waals surface area contributed by atoms with Gasteiger partial charge in [0.2, 0.25) is 0 Å². The van der Waals surface area contributed by atoms with Gasteiger partial charge in [-0.25, -0.2) is 13.8 Å². The molecule has 0 saturated carbocycles. The first-order valence-electron chi connectivity index (χ1n) is 11.8. The van der Waals surface area contributed by atoms with E-state index in [9.17, 15) is 23.3 Å². The van der Waals surface area contributed by atoms with E-state index in [1.54, 1.807) is 78.9 Å². The number of hydrazone groups is 1. The molecule has 0 aliphatic heterocycles. The summed E-state index contributed by atoms with van der Waals surface area (Å²) in [6, 6.07) is 27.5. The molecule has 0 spiro atoms. The Balaban J connectivity index is 1.37. The zero-order chi connectivity index (χ0) is 28.5. The maximum absolute atomic E-state index is 13.3. The molecule has 0 unspecified atom stereocenters. The van der Waals surface area contributed by atoms with Crippen LogP contribution in [0.1, 0.15) is 11.1 Å². The smallest absolute Gasteiger partial charge is 0.269 e. The lowest BCUT2D eigenvalue weighted by atomic mass is 10.2. The van der Waals surface area contributed by atoms with Crippen molar-refractivity contribution in [1.82, 2.24) is 5.43 Å². The van der Waals surface area contributed by atoms with E-state index in [4.69, 9.17) is 4.74 Å². The minimum absolute atomic E-state index is 0.0122. The number of anilines is 1. The number of nitrogens with one attached hydrogen (secondary N) is 1. The van der Waals surface area contributed by atoms with Crippen LogP contribution in [0.15, 0.2) is 118 Å². The molecule has 4 aromatic carbocycles. The SMILES string of the molecule is O=C(CN(c1cccc(Br)c1)S(=O)(=O)c1ccccc1)N/N=C\c1ccc(OCc2ccc([N+](=O)[O-])cc2)cc1. The fourth-order valence-corrected chi connectivity index (χ4v) is 5.36. The summed E-state index contributed by atoms with van der Waals surface area (Å²) < 4.78 is 34.1. The minimum Gasteiger partial charge on any atom is -0.489 e. The highest BCUT2D eigenvalue weighted by molar-refractivity contribution is 9.10. The third-order valence-corrected chi connectivity index (χ3v) is 7.83. The van der Waals surface area contributed by atoms with Crippen LogP contribution in [0, 0.1) is 10.1 Å². The van der Waals surface area contributed by atoms with Crippen molar-refractivity contribution in [3.8, 4) is 5.75 Å². The molecule has 0 radical (unpaired) electrons. The van der Waals surface area contributed by atoms with Gasteiger partial charge < -0.3 is 4.74 Å².